The molecule has 100 valence electrons. The van der Waals surface area contributed by atoms with Gasteiger partial charge in [0.2, 0.25) is 0 Å². The van der Waals surface area contributed by atoms with Crippen LogP contribution in [0.2, 0.25) is 10.0 Å². The monoisotopic (exact) mass is 285 g/mol. The number of nitrogens with one attached hydrogen (secondary N) is 1. The summed E-state index contributed by atoms with van der Waals surface area (Å²) in [6.07, 6.45) is 5.48. The number of rotatable bonds is 4. The molecular formula is C15H21Cl2N. The molecule has 18 heavy (non-hydrogen) atoms. The van der Waals surface area contributed by atoms with E-state index in [1.807, 2.05) is 18.2 Å². The van der Waals surface area contributed by atoms with Crippen LogP contribution in [0.15, 0.2) is 18.2 Å². The fraction of sp³-hybridized carbons (Fsp3) is 0.600. The van der Waals surface area contributed by atoms with E-state index < -0.39 is 0 Å². The first-order valence-corrected chi connectivity index (χ1v) is 7.54. The van der Waals surface area contributed by atoms with E-state index in [0.717, 1.165) is 16.5 Å². The smallest absolute Gasteiger partial charge is 0.0468 e. The summed E-state index contributed by atoms with van der Waals surface area (Å²) in [7, 11) is 0. The van der Waals surface area contributed by atoms with Crippen LogP contribution in [0.4, 0.5) is 0 Å². The fourth-order valence-corrected chi connectivity index (χ4v) is 3.50. The molecule has 0 bridgehead atoms. The molecule has 2 unspecified atom stereocenters. The minimum atomic E-state index is 0.269. The predicted octanol–water partition coefficient (Wildman–Crippen LogP) is 5.22. The molecule has 1 aliphatic carbocycles. The van der Waals surface area contributed by atoms with Crippen molar-refractivity contribution in [2.24, 2.45) is 5.92 Å². The van der Waals surface area contributed by atoms with Crippen molar-refractivity contribution in [1.82, 2.24) is 5.32 Å². The highest BCUT2D eigenvalue weighted by molar-refractivity contribution is 6.35. The molecule has 0 saturated heterocycles. The molecule has 1 saturated carbocycles. The average molecular weight is 286 g/mol. The second-order valence-electron chi connectivity index (χ2n) is 5.39. The van der Waals surface area contributed by atoms with Crippen LogP contribution in [0, 0.1) is 5.92 Å². The van der Waals surface area contributed by atoms with Gasteiger partial charge in [-0.1, -0.05) is 42.1 Å². The maximum absolute atomic E-state index is 6.24. The third-order valence-electron chi connectivity index (χ3n) is 4.05. The Morgan fingerprint density at radius 1 is 1.17 bits per heavy atom. The topological polar surface area (TPSA) is 12.0 Å². The Hall–Kier alpha value is -0.240. The van der Waals surface area contributed by atoms with Gasteiger partial charge in [0.15, 0.2) is 0 Å². The molecule has 1 nitrogen and oxygen atoms in total. The van der Waals surface area contributed by atoms with Gasteiger partial charge in [-0.05, 0) is 50.3 Å². The lowest BCUT2D eigenvalue weighted by Gasteiger charge is -2.25. The van der Waals surface area contributed by atoms with Crippen LogP contribution >= 0.6 is 23.2 Å². The van der Waals surface area contributed by atoms with Crippen molar-refractivity contribution in [3.63, 3.8) is 0 Å². The minimum Gasteiger partial charge on any atom is -0.307 e. The van der Waals surface area contributed by atoms with Crippen molar-refractivity contribution >= 4 is 23.2 Å². The summed E-state index contributed by atoms with van der Waals surface area (Å²) in [4.78, 5) is 0. The molecule has 0 amide bonds. The molecule has 1 fully saturated rings. The van der Waals surface area contributed by atoms with Gasteiger partial charge >= 0.3 is 0 Å². The Kier molecular flexibility index (Phi) is 4.94. The van der Waals surface area contributed by atoms with E-state index in [4.69, 9.17) is 23.2 Å². The van der Waals surface area contributed by atoms with Gasteiger partial charge in [0.1, 0.15) is 0 Å². The largest absolute Gasteiger partial charge is 0.307 e. The van der Waals surface area contributed by atoms with Gasteiger partial charge in [-0.25, -0.2) is 0 Å². The summed E-state index contributed by atoms with van der Waals surface area (Å²) in [5.41, 5.74) is 1.13. The van der Waals surface area contributed by atoms with E-state index in [0.29, 0.717) is 11.1 Å². The third kappa shape index (κ3) is 3.40. The van der Waals surface area contributed by atoms with Crippen molar-refractivity contribution in [1.29, 1.82) is 0 Å². The number of hydrogen-bond acceptors (Lipinski definition) is 1. The van der Waals surface area contributed by atoms with Crippen molar-refractivity contribution in [3.05, 3.63) is 33.8 Å². The molecule has 1 aromatic rings. The highest BCUT2D eigenvalue weighted by atomic mass is 35.5. The van der Waals surface area contributed by atoms with Crippen molar-refractivity contribution in [2.45, 2.75) is 51.6 Å². The Labute approximate surface area is 120 Å². The van der Waals surface area contributed by atoms with Crippen LogP contribution in [0.5, 0.6) is 0 Å². The lowest BCUT2D eigenvalue weighted by molar-refractivity contribution is 0.352. The maximum Gasteiger partial charge on any atom is 0.0468 e. The van der Waals surface area contributed by atoms with Gasteiger partial charge in [0.05, 0.1) is 0 Å². The minimum absolute atomic E-state index is 0.269. The van der Waals surface area contributed by atoms with E-state index in [9.17, 15) is 0 Å². The summed E-state index contributed by atoms with van der Waals surface area (Å²) < 4.78 is 0. The van der Waals surface area contributed by atoms with Crippen molar-refractivity contribution in [2.75, 3.05) is 0 Å². The quantitative estimate of drug-likeness (QED) is 0.799. The Balaban J connectivity index is 2.00. The predicted molar refractivity (Wildman–Crippen MR) is 79.4 cm³/mol. The van der Waals surface area contributed by atoms with E-state index in [1.54, 1.807) is 0 Å². The van der Waals surface area contributed by atoms with Crippen LogP contribution in [-0.2, 0) is 0 Å². The standard InChI is InChI=1S/C15H21Cl2N/c1-10(12-5-3-4-6-12)18-11(2)14-8-7-13(16)9-15(14)17/h7-12,18H,3-6H2,1-2H3. The number of hydrogen-bond donors (Lipinski definition) is 1. The SMILES string of the molecule is CC(NC(C)C1CCCC1)c1ccc(Cl)cc1Cl. The molecule has 0 aliphatic heterocycles. The summed E-state index contributed by atoms with van der Waals surface area (Å²) in [5.74, 6) is 0.818. The van der Waals surface area contributed by atoms with Crippen molar-refractivity contribution < 1.29 is 0 Å². The van der Waals surface area contributed by atoms with Gasteiger partial charge in [-0.3, -0.25) is 0 Å². The normalized spacial score (nSPS) is 20.0. The van der Waals surface area contributed by atoms with Crippen LogP contribution in [0.3, 0.4) is 0 Å². The molecular weight excluding hydrogens is 265 g/mol. The van der Waals surface area contributed by atoms with Gasteiger partial charge in [0.25, 0.3) is 0 Å². The molecule has 3 heteroatoms. The number of halogens is 2. The summed E-state index contributed by atoms with van der Waals surface area (Å²) >= 11 is 12.2. The van der Waals surface area contributed by atoms with Gasteiger partial charge in [-0.2, -0.15) is 0 Å². The zero-order chi connectivity index (χ0) is 13.1. The lowest BCUT2D eigenvalue weighted by atomic mass is 9.98. The van der Waals surface area contributed by atoms with E-state index in [1.165, 1.54) is 25.7 Å². The Bertz CT molecular complexity index is 399. The first kappa shape index (κ1) is 14.2. The molecule has 2 atom stereocenters. The molecule has 1 N–H and O–H groups in total. The van der Waals surface area contributed by atoms with Gasteiger partial charge < -0.3 is 5.32 Å². The second kappa shape index (κ2) is 6.27. The van der Waals surface area contributed by atoms with E-state index in [-0.39, 0.29) is 6.04 Å². The first-order valence-electron chi connectivity index (χ1n) is 6.79. The molecule has 0 aromatic heterocycles. The molecule has 0 heterocycles. The first-order chi connectivity index (χ1) is 8.58. The Morgan fingerprint density at radius 3 is 2.44 bits per heavy atom. The van der Waals surface area contributed by atoms with Crippen LogP contribution in [-0.4, -0.2) is 6.04 Å². The van der Waals surface area contributed by atoms with Crippen LogP contribution in [0.1, 0.15) is 51.1 Å². The average Bonchev–Trinajstić information content (AvgIpc) is 2.81. The number of benzene rings is 1. The highest BCUT2D eigenvalue weighted by Gasteiger charge is 2.23. The lowest BCUT2D eigenvalue weighted by Crippen LogP contribution is -2.34. The van der Waals surface area contributed by atoms with E-state index in [2.05, 4.69) is 19.2 Å². The maximum atomic E-state index is 6.24. The zero-order valence-corrected chi connectivity index (χ0v) is 12.6. The zero-order valence-electron chi connectivity index (χ0n) is 11.0. The Morgan fingerprint density at radius 2 is 1.83 bits per heavy atom. The molecule has 1 aliphatic rings. The third-order valence-corrected chi connectivity index (χ3v) is 4.61. The molecule has 0 radical (unpaired) electrons. The fourth-order valence-electron chi connectivity index (χ4n) is 2.93. The van der Waals surface area contributed by atoms with Crippen LogP contribution < -0.4 is 5.32 Å². The summed E-state index contributed by atoms with van der Waals surface area (Å²) in [5, 5.41) is 5.12. The molecule has 2 rings (SSSR count). The van der Waals surface area contributed by atoms with Gasteiger partial charge in [-0.15, -0.1) is 0 Å². The van der Waals surface area contributed by atoms with Crippen LogP contribution in [0.25, 0.3) is 0 Å². The van der Waals surface area contributed by atoms with Crippen molar-refractivity contribution in [3.8, 4) is 0 Å². The van der Waals surface area contributed by atoms with Gasteiger partial charge in [0, 0.05) is 22.1 Å². The summed E-state index contributed by atoms with van der Waals surface area (Å²) in [6, 6.07) is 6.56. The molecule has 1 aromatic carbocycles. The highest BCUT2D eigenvalue weighted by Crippen LogP contribution is 2.30. The summed E-state index contributed by atoms with van der Waals surface area (Å²) in [6.45, 7) is 4.46. The molecule has 0 spiro atoms. The van der Waals surface area contributed by atoms with E-state index >= 15 is 0 Å². The second-order valence-corrected chi connectivity index (χ2v) is 6.23.